The second-order valence-electron chi connectivity index (χ2n) is 7.90. The zero-order valence-electron chi connectivity index (χ0n) is 16.6. The maximum atomic E-state index is 12.8. The van der Waals surface area contributed by atoms with E-state index in [0.29, 0.717) is 23.1 Å². The Balaban J connectivity index is 1.35. The van der Waals surface area contributed by atoms with Crippen LogP contribution in [0.25, 0.3) is 11.3 Å². The summed E-state index contributed by atoms with van der Waals surface area (Å²) in [6, 6.07) is 8.68. The highest BCUT2D eigenvalue weighted by Crippen LogP contribution is 2.46. The summed E-state index contributed by atoms with van der Waals surface area (Å²) in [6.07, 6.45) is -1.68. The van der Waals surface area contributed by atoms with E-state index in [-0.39, 0.29) is 11.8 Å². The number of rotatable bonds is 5. The monoisotopic (exact) mass is 444 g/mol. The highest BCUT2D eigenvalue weighted by molar-refractivity contribution is 6.05. The van der Waals surface area contributed by atoms with Crippen LogP contribution in [0.1, 0.15) is 10.4 Å². The number of aromatic nitrogens is 3. The molecule has 1 saturated heterocycles. The van der Waals surface area contributed by atoms with Crippen LogP contribution < -0.4 is 20.7 Å². The molecule has 1 amide bonds. The molecule has 0 bridgehead atoms. The molecule has 0 unspecified atom stereocenters. The predicted octanol–water partition coefficient (Wildman–Crippen LogP) is 3.02. The Morgan fingerprint density at radius 3 is 2.53 bits per heavy atom. The van der Waals surface area contributed by atoms with Crippen LogP contribution in [0, 0.1) is 11.8 Å². The number of nitrogens with one attached hydrogen (secondary N) is 2. The van der Waals surface area contributed by atoms with Crippen molar-refractivity contribution in [2.75, 3.05) is 23.3 Å². The molecular formula is C21H19F3N6O2. The largest absolute Gasteiger partial charge is 0.573 e. The maximum absolute atomic E-state index is 12.8. The minimum absolute atomic E-state index is 0.250. The number of anilines is 2. The minimum Gasteiger partial charge on any atom is -0.406 e. The van der Waals surface area contributed by atoms with Gasteiger partial charge in [-0.05, 0) is 48.2 Å². The SMILES string of the molecule is N[C@H]1[C@H]2CN(c3ncc(C(=O)Nc4ccc(OC(F)(F)F)cc4)cc3-c3ccn[nH]3)C[C@@H]12. The summed E-state index contributed by atoms with van der Waals surface area (Å²) in [6.45, 7) is 1.63. The van der Waals surface area contributed by atoms with Gasteiger partial charge in [-0.25, -0.2) is 4.98 Å². The molecule has 1 aliphatic carbocycles. The quantitative estimate of drug-likeness (QED) is 0.558. The molecule has 1 aliphatic heterocycles. The maximum Gasteiger partial charge on any atom is 0.573 e. The van der Waals surface area contributed by atoms with Gasteiger partial charge >= 0.3 is 6.36 Å². The van der Waals surface area contributed by atoms with Crippen molar-refractivity contribution in [1.82, 2.24) is 15.2 Å². The normalized spacial score (nSPS) is 21.9. The zero-order chi connectivity index (χ0) is 22.5. The molecule has 32 heavy (non-hydrogen) atoms. The molecule has 1 saturated carbocycles. The summed E-state index contributed by atoms with van der Waals surface area (Å²) in [5.41, 5.74) is 8.12. The molecule has 2 aromatic heterocycles. The number of hydrogen-bond acceptors (Lipinski definition) is 6. The fourth-order valence-electron chi connectivity index (χ4n) is 4.13. The number of fused-ring (bicyclic) bond motifs is 1. The van der Waals surface area contributed by atoms with Crippen LogP contribution in [0.15, 0.2) is 48.8 Å². The number of pyridine rings is 1. The number of nitrogens with two attached hydrogens (primary N) is 1. The topological polar surface area (TPSA) is 109 Å². The van der Waals surface area contributed by atoms with Gasteiger partial charge in [0.15, 0.2) is 0 Å². The number of nitrogens with zero attached hydrogens (tertiary/aromatic N) is 3. The van der Waals surface area contributed by atoms with Gasteiger partial charge in [-0.1, -0.05) is 0 Å². The lowest BCUT2D eigenvalue weighted by Gasteiger charge is -2.23. The van der Waals surface area contributed by atoms with Crippen molar-refractivity contribution in [3.63, 3.8) is 0 Å². The Hall–Kier alpha value is -3.60. The number of carbonyl (C=O) groups is 1. The van der Waals surface area contributed by atoms with Crippen LogP contribution in [-0.4, -0.2) is 46.6 Å². The highest BCUT2D eigenvalue weighted by Gasteiger charge is 2.54. The summed E-state index contributed by atoms with van der Waals surface area (Å²) in [5.74, 6) is 0.878. The van der Waals surface area contributed by atoms with E-state index in [0.717, 1.165) is 42.3 Å². The number of carbonyl (C=O) groups excluding carboxylic acids is 1. The third-order valence-electron chi connectivity index (χ3n) is 5.83. The molecule has 2 aliphatic rings. The van der Waals surface area contributed by atoms with Crippen molar-refractivity contribution >= 4 is 17.4 Å². The van der Waals surface area contributed by atoms with Gasteiger partial charge in [0.1, 0.15) is 11.6 Å². The van der Waals surface area contributed by atoms with Crippen molar-refractivity contribution in [2.24, 2.45) is 17.6 Å². The van der Waals surface area contributed by atoms with E-state index < -0.39 is 12.3 Å². The molecule has 5 rings (SSSR count). The van der Waals surface area contributed by atoms with E-state index in [1.54, 1.807) is 18.3 Å². The molecular weight excluding hydrogens is 425 g/mol. The van der Waals surface area contributed by atoms with Gasteiger partial charge in [0.2, 0.25) is 0 Å². The molecule has 3 heterocycles. The smallest absolute Gasteiger partial charge is 0.406 e. The highest BCUT2D eigenvalue weighted by atomic mass is 19.4. The van der Waals surface area contributed by atoms with Gasteiger partial charge in [-0.3, -0.25) is 9.89 Å². The van der Waals surface area contributed by atoms with Crippen molar-refractivity contribution in [3.8, 4) is 17.0 Å². The Kier molecular flexibility index (Phi) is 4.77. The molecule has 2 fully saturated rings. The summed E-state index contributed by atoms with van der Waals surface area (Å²) in [5, 5.41) is 9.56. The number of halogens is 3. The molecule has 1 aromatic carbocycles. The van der Waals surface area contributed by atoms with Gasteiger partial charge in [-0.2, -0.15) is 5.10 Å². The minimum atomic E-state index is -4.78. The number of amides is 1. The predicted molar refractivity (Wildman–Crippen MR) is 110 cm³/mol. The number of ether oxygens (including phenoxy) is 1. The van der Waals surface area contributed by atoms with Crippen LogP contribution in [0.3, 0.4) is 0 Å². The van der Waals surface area contributed by atoms with E-state index in [2.05, 4.69) is 30.1 Å². The summed E-state index contributed by atoms with van der Waals surface area (Å²) >= 11 is 0. The van der Waals surface area contributed by atoms with Gasteiger partial charge < -0.3 is 20.7 Å². The first kappa shape index (κ1) is 20.3. The van der Waals surface area contributed by atoms with Crippen LogP contribution in [0.5, 0.6) is 5.75 Å². The molecule has 4 N–H and O–H groups in total. The number of benzene rings is 1. The molecule has 0 radical (unpaired) electrons. The average molecular weight is 444 g/mol. The van der Waals surface area contributed by atoms with Gasteiger partial charge in [0.05, 0.1) is 11.3 Å². The van der Waals surface area contributed by atoms with Crippen LogP contribution >= 0.6 is 0 Å². The average Bonchev–Trinajstić information content (AvgIpc) is 3.20. The summed E-state index contributed by atoms with van der Waals surface area (Å²) in [4.78, 5) is 19.5. The van der Waals surface area contributed by atoms with Crippen LogP contribution in [0.4, 0.5) is 24.7 Å². The second-order valence-corrected chi connectivity index (χ2v) is 7.90. The van der Waals surface area contributed by atoms with Crippen LogP contribution in [-0.2, 0) is 0 Å². The van der Waals surface area contributed by atoms with E-state index in [1.807, 2.05) is 0 Å². The molecule has 11 heteroatoms. The Morgan fingerprint density at radius 1 is 1.19 bits per heavy atom. The lowest BCUT2D eigenvalue weighted by molar-refractivity contribution is -0.274. The summed E-state index contributed by atoms with van der Waals surface area (Å²) < 4.78 is 40.7. The molecule has 3 atom stereocenters. The zero-order valence-corrected chi connectivity index (χ0v) is 16.6. The second kappa shape index (κ2) is 7.52. The number of piperidine rings is 1. The van der Waals surface area contributed by atoms with E-state index in [1.165, 1.54) is 18.3 Å². The van der Waals surface area contributed by atoms with Crippen molar-refractivity contribution < 1.29 is 22.7 Å². The third-order valence-corrected chi connectivity index (χ3v) is 5.83. The standard InChI is InChI=1S/C21H19F3N6O2/c22-21(23,24)32-13-3-1-12(2-4-13)28-20(31)11-7-14(17-5-6-27-29-17)19(26-8-11)30-9-15-16(10-30)18(15)25/h1-8,15-16,18H,9-10,25H2,(H,27,29)(H,28,31)/t15-,16+,18-. The van der Waals surface area contributed by atoms with Crippen molar-refractivity contribution in [2.45, 2.75) is 12.4 Å². The van der Waals surface area contributed by atoms with E-state index >= 15 is 0 Å². The Labute approximate surface area is 180 Å². The van der Waals surface area contributed by atoms with Crippen molar-refractivity contribution in [1.29, 1.82) is 0 Å². The number of H-pyrrole nitrogens is 1. The lowest BCUT2D eigenvalue weighted by Crippen LogP contribution is -2.29. The van der Waals surface area contributed by atoms with E-state index in [4.69, 9.17) is 5.73 Å². The lowest BCUT2D eigenvalue weighted by atomic mass is 10.1. The molecule has 166 valence electrons. The number of hydrogen-bond donors (Lipinski definition) is 3. The fourth-order valence-corrected chi connectivity index (χ4v) is 4.13. The summed E-state index contributed by atoms with van der Waals surface area (Å²) in [7, 11) is 0. The first-order valence-corrected chi connectivity index (χ1v) is 9.96. The Bertz CT molecular complexity index is 1120. The number of aromatic amines is 1. The first-order valence-electron chi connectivity index (χ1n) is 9.96. The Morgan fingerprint density at radius 2 is 1.91 bits per heavy atom. The number of alkyl halides is 3. The van der Waals surface area contributed by atoms with E-state index in [9.17, 15) is 18.0 Å². The molecule has 8 nitrogen and oxygen atoms in total. The molecule has 3 aromatic rings. The van der Waals surface area contributed by atoms with Gasteiger partial charge in [0.25, 0.3) is 5.91 Å². The fraction of sp³-hybridized carbons (Fsp3) is 0.286. The van der Waals surface area contributed by atoms with Gasteiger partial charge in [-0.15, -0.1) is 13.2 Å². The van der Waals surface area contributed by atoms with Gasteiger partial charge in [0, 0.05) is 42.8 Å². The third kappa shape index (κ3) is 3.98. The van der Waals surface area contributed by atoms with Crippen molar-refractivity contribution in [3.05, 3.63) is 54.4 Å². The first-order chi connectivity index (χ1) is 15.3. The van der Waals surface area contributed by atoms with Crippen LogP contribution in [0.2, 0.25) is 0 Å². The molecule has 0 spiro atoms.